The van der Waals surface area contributed by atoms with Crippen LogP contribution in [0.15, 0.2) is 35.5 Å². The van der Waals surface area contributed by atoms with E-state index in [2.05, 4.69) is 52.6 Å². The van der Waals surface area contributed by atoms with Gasteiger partial charge in [-0.15, -0.1) is 24.0 Å². The Morgan fingerprint density at radius 3 is 2.79 bits per heavy atom. The minimum Gasteiger partial charge on any atom is -0.385 e. The Morgan fingerprint density at radius 1 is 1.24 bits per heavy atom. The molecule has 0 saturated carbocycles. The molecule has 0 radical (unpaired) electrons. The maximum absolute atomic E-state index is 5.97. The van der Waals surface area contributed by atoms with Crippen molar-refractivity contribution in [1.29, 1.82) is 0 Å². The van der Waals surface area contributed by atoms with Crippen molar-refractivity contribution in [2.24, 2.45) is 4.99 Å². The van der Waals surface area contributed by atoms with Crippen molar-refractivity contribution in [3.63, 3.8) is 0 Å². The number of methoxy groups -OCH3 is 1. The lowest BCUT2D eigenvalue weighted by atomic mass is 10.1. The quantitative estimate of drug-likeness (QED) is 0.231. The van der Waals surface area contributed by atoms with Crippen LogP contribution >= 0.6 is 24.0 Å². The maximum Gasteiger partial charge on any atom is 0.193 e. The molecule has 2 N–H and O–H groups in total. The summed E-state index contributed by atoms with van der Waals surface area (Å²) in [5.74, 6) is 1.03. The fraction of sp³-hybridized carbons (Fsp3) is 0.591. The molecule has 3 rings (SSSR count). The number of nitrogens with zero attached hydrogens (tertiary/aromatic N) is 2. The summed E-state index contributed by atoms with van der Waals surface area (Å²) in [7, 11) is 1.73. The molecule has 2 heterocycles. The minimum atomic E-state index is 0. The number of ether oxygens (including phenoxy) is 2. The number of piperidine rings is 1. The van der Waals surface area contributed by atoms with Crippen LogP contribution in [0.2, 0.25) is 0 Å². The average molecular weight is 514 g/mol. The number of likely N-dealkylation sites (tertiary alicyclic amines) is 1. The first kappa shape index (κ1) is 24.0. The number of nitrogens with one attached hydrogen (secondary N) is 2. The molecule has 1 saturated heterocycles. The van der Waals surface area contributed by atoms with Gasteiger partial charge in [0.05, 0.1) is 6.10 Å². The second-order valence-electron chi connectivity index (χ2n) is 7.25. The monoisotopic (exact) mass is 514 g/mol. The van der Waals surface area contributed by atoms with Crippen LogP contribution in [0.1, 0.15) is 31.7 Å². The third-order valence-corrected chi connectivity index (χ3v) is 5.24. The molecule has 0 unspecified atom stereocenters. The zero-order valence-electron chi connectivity index (χ0n) is 17.7. The van der Waals surface area contributed by atoms with Gasteiger partial charge >= 0.3 is 0 Å². The number of aromatic amines is 1. The van der Waals surface area contributed by atoms with E-state index in [0.717, 1.165) is 71.0 Å². The number of fused-ring (bicyclic) bond motifs is 1. The van der Waals surface area contributed by atoms with Crippen molar-refractivity contribution in [2.75, 3.05) is 46.5 Å². The van der Waals surface area contributed by atoms with Crippen LogP contribution in [-0.2, 0) is 15.9 Å². The van der Waals surface area contributed by atoms with E-state index in [0.29, 0.717) is 6.10 Å². The Bertz CT molecular complexity index is 741. The highest BCUT2D eigenvalue weighted by molar-refractivity contribution is 14.0. The summed E-state index contributed by atoms with van der Waals surface area (Å²) in [6, 6.07) is 8.45. The second-order valence-corrected chi connectivity index (χ2v) is 7.25. The van der Waals surface area contributed by atoms with Crippen molar-refractivity contribution < 1.29 is 9.47 Å². The topological polar surface area (TPSA) is 61.9 Å². The van der Waals surface area contributed by atoms with Gasteiger partial charge in [0.2, 0.25) is 0 Å². The second kappa shape index (κ2) is 13.1. The number of benzene rings is 1. The Morgan fingerprint density at radius 2 is 2.03 bits per heavy atom. The van der Waals surface area contributed by atoms with Crippen molar-refractivity contribution in [1.82, 2.24) is 15.2 Å². The van der Waals surface area contributed by atoms with Crippen LogP contribution in [0, 0.1) is 0 Å². The number of aromatic nitrogens is 1. The normalized spacial score (nSPS) is 15.5. The molecule has 1 fully saturated rings. The Hall–Kier alpha value is -1.32. The molecule has 0 spiro atoms. The molecule has 6 nitrogen and oxygen atoms in total. The molecule has 162 valence electrons. The molecule has 0 atom stereocenters. The molecule has 2 aromatic rings. The number of aliphatic imine (C=N–C) groups is 1. The van der Waals surface area contributed by atoms with Gasteiger partial charge in [-0.2, -0.15) is 0 Å². The highest BCUT2D eigenvalue weighted by Crippen LogP contribution is 2.18. The molecule has 0 amide bonds. The number of hydrogen-bond donors (Lipinski definition) is 2. The number of rotatable bonds is 9. The van der Waals surface area contributed by atoms with E-state index in [9.17, 15) is 0 Å². The number of H-pyrrole nitrogens is 1. The molecule has 0 aliphatic carbocycles. The molecule has 1 aliphatic rings. The molecular weight excluding hydrogens is 479 g/mol. The maximum atomic E-state index is 5.97. The molecule has 7 heteroatoms. The first-order valence-corrected chi connectivity index (χ1v) is 10.5. The van der Waals surface area contributed by atoms with Gasteiger partial charge in [-0.25, -0.2) is 0 Å². The predicted molar refractivity (Wildman–Crippen MR) is 130 cm³/mol. The fourth-order valence-electron chi connectivity index (χ4n) is 3.73. The third-order valence-electron chi connectivity index (χ3n) is 5.24. The number of halogens is 1. The lowest BCUT2D eigenvalue weighted by Gasteiger charge is -2.34. The smallest absolute Gasteiger partial charge is 0.193 e. The van der Waals surface area contributed by atoms with Crippen LogP contribution in [0.4, 0.5) is 0 Å². The van der Waals surface area contributed by atoms with Gasteiger partial charge in [0.15, 0.2) is 5.96 Å². The first-order chi connectivity index (χ1) is 13.8. The summed E-state index contributed by atoms with van der Waals surface area (Å²) in [4.78, 5) is 10.6. The first-order valence-electron chi connectivity index (χ1n) is 10.5. The Kier molecular flexibility index (Phi) is 10.8. The number of para-hydroxylation sites is 1. The largest absolute Gasteiger partial charge is 0.385 e. The summed E-state index contributed by atoms with van der Waals surface area (Å²) in [6.45, 7) is 7.35. The molecule has 29 heavy (non-hydrogen) atoms. The van der Waals surface area contributed by atoms with Crippen molar-refractivity contribution in [3.05, 3.63) is 36.0 Å². The van der Waals surface area contributed by atoms with Crippen LogP contribution in [0.5, 0.6) is 0 Å². The van der Waals surface area contributed by atoms with Gasteiger partial charge in [-0.05, 0) is 44.2 Å². The molecule has 1 aromatic carbocycles. The van der Waals surface area contributed by atoms with E-state index < -0.39 is 0 Å². The van der Waals surface area contributed by atoms with E-state index in [1.807, 2.05) is 0 Å². The van der Waals surface area contributed by atoms with Crippen LogP contribution < -0.4 is 5.32 Å². The third kappa shape index (κ3) is 7.15. The standard InChI is InChI=1S/C22H34N4O2.HI/c1-3-23-22(26-13-10-19(11-14-26)28-16-6-15-27-2)24-12-9-18-17-25-21-8-5-4-7-20(18)21;/h4-5,7-8,17,19,25H,3,6,9-16H2,1-2H3,(H,23,24);1H. The lowest BCUT2D eigenvalue weighted by molar-refractivity contribution is 0.00991. The van der Waals surface area contributed by atoms with E-state index in [4.69, 9.17) is 14.5 Å². The zero-order chi connectivity index (χ0) is 19.6. The molecule has 1 aromatic heterocycles. The molecule has 0 bridgehead atoms. The minimum absolute atomic E-state index is 0. The van der Waals surface area contributed by atoms with E-state index in [1.54, 1.807) is 7.11 Å². The fourth-order valence-corrected chi connectivity index (χ4v) is 3.73. The SMILES string of the molecule is CCNC(=NCCc1c[nH]c2ccccc12)N1CCC(OCCCOC)CC1.I. The van der Waals surface area contributed by atoms with Gasteiger partial charge in [-0.1, -0.05) is 18.2 Å². The van der Waals surface area contributed by atoms with Gasteiger partial charge < -0.3 is 24.7 Å². The van der Waals surface area contributed by atoms with Crippen LogP contribution in [0.25, 0.3) is 10.9 Å². The van der Waals surface area contributed by atoms with Crippen LogP contribution in [0.3, 0.4) is 0 Å². The summed E-state index contributed by atoms with van der Waals surface area (Å²) in [5, 5.41) is 4.76. The molecule has 1 aliphatic heterocycles. The summed E-state index contributed by atoms with van der Waals surface area (Å²) in [6.07, 6.45) is 6.49. The van der Waals surface area contributed by atoms with Gasteiger partial charge in [0.1, 0.15) is 0 Å². The number of guanidine groups is 1. The Labute approximate surface area is 191 Å². The highest BCUT2D eigenvalue weighted by atomic mass is 127. The lowest BCUT2D eigenvalue weighted by Crippen LogP contribution is -2.47. The van der Waals surface area contributed by atoms with Crippen molar-refractivity contribution >= 4 is 40.8 Å². The Balaban J connectivity index is 0.00000300. The predicted octanol–water partition coefficient (Wildman–Crippen LogP) is 3.81. The van der Waals surface area contributed by atoms with Gasteiger partial charge in [-0.3, -0.25) is 4.99 Å². The van der Waals surface area contributed by atoms with Crippen molar-refractivity contribution in [3.8, 4) is 0 Å². The molecular formula is C22H35IN4O2. The van der Waals surface area contributed by atoms with E-state index >= 15 is 0 Å². The van der Waals surface area contributed by atoms with Gasteiger partial charge in [0, 0.05) is 63.6 Å². The van der Waals surface area contributed by atoms with Gasteiger partial charge in [0.25, 0.3) is 0 Å². The van der Waals surface area contributed by atoms with E-state index in [1.165, 1.54) is 16.5 Å². The van der Waals surface area contributed by atoms with Crippen molar-refractivity contribution in [2.45, 2.75) is 38.7 Å². The summed E-state index contributed by atoms with van der Waals surface area (Å²) < 4.78 is 11.1. The highest BCUT2D eigenvalue weighted by Gasteiger charge is 2.21. The van der Waals surface area contributed by atoms with E-state index in [-0.39, 0.29) is 24.0 Å². The number of hydrogen-bond acceptors (Lipinski definition) is 3. The summed E-state index contributed by atoms with van der Waals surface area (Å²) >= 11 is 0. The van der Waals surface area contributed by atoms with Crippen LogP contribution in [-0.4, -0.2) is 68.4 Å². The zero-order valence-corrected chi connectivity index (χ0v) is 20.0. The summed E-state index contributed by atoms with van der Waals surface area (Å²) in [5.41, 5.74) is 2.53. The average Bonchev–Trinajstić information content (AvgIpc) is 3.14.